The van der Waals surface area contributed by atoms with Gasteiger partial charge in [-0.15, -0.1) is 11.3 Å². The van der Waals surface area contributed by atoms with Crippen molar-refractivity contribution < 1.29 is 9.50 Å². The zero-order valence-corrected chi connectivity index (χ0v) is 10.4. The van der Waals surface area contributed by atoms with Crippen molar-refractivity contribution in [2.75, 3.05) is 6.61 Å². The molecule has 2 aromatic rings. The molecule has 0 aliphatic rings. The number of thiazole rings is 1. The van der Waals surface area contributed by atoms with Gasteiger partial charge in [-0.2, -0.15) is 0 Å². The molecule has 0 amide bonds. The van der Waals surface area contributed by atoms with Crippen LogP contribution in [0.5, 0.6) is 0 Å². The average Bonchev–Trinajstić information content (AvgIpc) is 2.73. The van der Waals surface area contributed by atoms with Gasteiger partial charge in [-0.3, -0.25) is 0 Å². The lowest BCUT2D eigenvalue weighted by atomic mass is 9.96. The third kappa shape index (κ3) is 3.11. The first-order valence-corrected chi connectivity index (χ1v) is 6.28. The highest BCUT2D eigenvalue weighted by atomic mass is 32.1. The van der Waals surface area contributed by atoms with Crippen LogP contribution in [0, 0.1) is 12.7 Å². The van der Waals surface area contributed by atoms with Crippen LogP contribution in [-0.4, -0.2) is 16.7 Å². The van der Waals surface area contributed by atoms with E-state index in [1.807, 2.05) is 13.1 Å². The van der Waals surface area contributed by atoms with Crippen molar-refractivity contribution >= 4 is 11.3 Å². The number of nitrogens with zero attached hydrogens (tertiary/aromatic N) is 1. The van der Waals surface area contributed by atoms with E-state index >= 15 is 0 Å². The van der Waals surface area contributed by atoms with Crippen molar-refractivity contribution in [1.29, 1.82) is 0 Å². The highest BCUT2D eigenvalue weighted by molar-refractivity contribution is 7.11. The third-order valence-electron chi connectivity index (χ3n) is 2.68. The molecule has 1 heterocycles. The lowest BCUT2D eigenvalue weighted by Gasteiger charge is -2.13. The Bertz CT molecular complexity index is 480. The Kier molecular flexibility index (Phi) is 3.86. The van der Waals surface area contributed by atoms with Crippen LogP contribution < -0.4 is 0 Å². The zero-order valence-electron chi connectivity index (χ0n) is 9.56. The molecule has 0 saturated heterocycles. The number of aryl methyl sites for hydroxylation is 1. The largest absolute Gasteiger partial charge is 0.396 e. The van der Waals surface area contributed by atoms with Crippen LogP contribution in [0.25, 0.3) is 0 Å². The number of hydrogen-bond donors (Lipinski definition) is 1. The normalized spacial score (nSPS) is 12.6. The summed E-state index contributed by atoms with van der Waals surface area (Å²) in [6.45, 7) is 2.02. The molecule has 1 N–H and O–H groups in total. The molecule has 1 unspecified atom stereocenters. The first-order valence-electron chi connectivity index (χ1n) is 5.46. The number of benzene rings is 1. The van der Waals surface area contributed by atoms with E-state index in [0.717, 1.165) is 21.9 Å². The maximum atomic E-state index is 12.8. The minimum atomic E-state index is -0.251. The first-order chi connectivity index (χ1) is 8.19. The maximum Gasteiger partial charge on any atom is 0.123 e. The third-order valence-corrected chi connectivity index (χ3v) is 3.61. The van der Waals surface area contributed by atoms with Crippen molar-refractivity contribution in [2.45, 2.75) is 19.3 Å². The molecule has 0 aliphatic carbocycles. The van der Waals surface area contributed by atoms with Crippen LogP contribution in [0.2, 0.25) is 0 Å². The summed E-state index contributed by atoms with van der Waals surface area (Å²) in [7, 11) is 0. The van der Waals surface area contributed by atoms with Gasteiger partial charge in [0.1, 0.15) is 5.82 Å². The van der Waals surface area contributed by atoms with Gasteiger partial charge >= 0.3 is 0 Å². The van der Waals surface area contributed by atoms with Gasteiger partial charge in [-0.1, -0.05) is 12.1 Å². The molecule has 2 rings (SSSR count). The molecule has 90 valence electrons. The SMILES string of the molecule is Cc1ncc(CC(CO)c2ccc(F)cc2)s1. The average molecular weight is 251 g/mol. The Morgan fingerprint density at radius 1 is 1.35 bits per heavy atom. The standard InChI is InChI=1S/C13H14FNOS/c1-9-15-7-13(17-9)6-11(8-16)10-2-4-12(14)5-3-10/h2-5,7,11,16H,6,8H2,1H3. The molecule has 1 aromatic heterocycles. The molecule has 4 heteroatoms. The lowest BCUT2D eigenvalue weighted by Crippen LogP contribution is -2.06. The van der Waals surface area contributed by atoms with Crippen LogP contribution in [0.15, 0.2) is 30.5 Å². The van der Waals surface area contributed by atoms with Gasteiger partial charge in [0.25, 0.3) is 0 Å². The van der Waals surface area contributed by atoms with Gasteiger partial charge in [0, 0.05) is 17.0 Å². The summed E-state index contributed by atoms with van der Waals surface area (Å²) in [5.41, 5.74) is 0.958. The van der Waals surface area contributed by atoms with Gasteiger partial charge in [-0.25, -0.2) is 9.37 Å². The molecule has 0 spiro atoms. The van der Waals surface area contributed by atoms with Gasteiger partial charge < -0.3 is 5.11 Å². The monoisotopic (exact) mass is 251 g/mol. The van der Waals surface area contributed by atoms with E-state index in [4.69, 9.17) is 0 Å². The molecule has 0 aliphatic heterocycles. The molecular formula is C13H14FNOS. The number of aliphatic hydroxyl groups is 1. The molecule has 0 saturated carbocycles. The second-order valence-corrected chi connectivity index (χ2v) is 5.30. The molecule has 1 aromatic carbocycles. The predicted molar refractivity (Wildman–Crippen MR) is 66.8 cm³/mol. The van der Waals surface area contributed by atoms with E-state index in [1.54, 1.807) is 23.5 Å². The molecule has 0 fully saturated rings. The van der Waals surface area contributed by atoms with E-state index in [9.17, 15) is 9.50 Å². The maximum absolute atomic E-state index is 12.8. The predicted octanol–water partition coefficient (Wildman–Crippen LogP) is 2.91. The van der Waals surface area contributed by atoms with Crippen LogP contribution in [0.3, 0.4) is 0 Å². The number of aliphatic hydroxyl groups excluding tert-OH is 1. The van der Waals surface area contributed by atoms with Crippen LogP contribution in [0.1, 0.15) is 21.4 Å². The van der Waals surface area contributed by atoms with Crippen LogP contribution in [0.4, 0.5) is 4.39 Å². The Morgan fingerprint density at radius 3 is 2.59 bits per heavy atom. The molecule has 0 radical (unpaired) electrons. The van der Waals surface area contributed by atoms with Crippen molar-refractivity contribution in [3.05, 3.63) is 51.7 Å². The number of aromatic nitrogens is 1. The molecule has 17 heavy (non-hydrogen) atoms. The van der Waals surface area contributed by atoms with E-state index in [0.29, 0.717) is 0 Å². The number of rotatable bonds is 4. The van der Waals surface area contributed by atoms with Crippen molar-refractivity contribution in [3.8, 4) is 0 Å². The summed E-state index contributed by atoms with van der Waals surface area (Å²) >= 11 is 1.63. The Balaban J connectivity index is 2.13. The topological polar surface area (TPSA) is 33.1 Å². The Labute approximate surface area is 104 Å². The number of halogens is 1. The zero-order chi connectivity index (χ0) is 12.3. The summed E-state index contributed by atoms with van der Waals surface area (Å²) < 4.78 is 12.8. The van der Waals surface area contributed by atoms with Crippen LogP contribution in [-0.2, 0) is 6.42 Å². The molecular weight excluding hydrogens is 237 g/mol. The highest BCUT2D eigenvalue weighted by Gasteiger charge is 2.12. The summed E-state index contributed by atoms with van der Waals surface area (Å²) in [4.78, 5) is 5.33. The van der Waals surface area contributed by atoms with E-state index in [1.165, 1.54) is 12.1 Å². The summed E-state index contributed by atoms with van der Waals surface area (Å²) in [6.07, 6.45) is 2.58. The first kappa shape index (κ1) is 12.2. The van der Waals surface area contributed by atoms with Gasteiger partial charge in [-0.05, 0) is 31.0 Å². The fourth-order valence-corrected chi connectivity index (χ4v) is 2.64. The minimum absolute atomic E-state index is 0.00968. The fourth-order valence-electron chi connectivity index (χ4n) is 1.77. The van der Waals surface area contributed by atoms with E-state index in [-0.39, 0.29) is 18.3 Å². The second-order valence-electron chi connectivity index (χ2n) is 3.98. The molecule has 0 bridgehead atoms. The van der Waals surface area contributed by atoms with Gasteiger partial charge in [0.2, 0.25) is 0 Å². The quantitative estimate of drug-likeness (QED) is 0.906. The fraction of sp³-hybridized carbons (Fsp3) is 0.308. The van der Waals surface area contributed by atoms with Crippen molar-refractivity contribution in [1.82, 2.24) is 4.98 Å². The van der Waals surface area contributed by atoms with Gasteiger partial charge in [0.15, 0.2) is 0 Å². The smallest absolute Gasteiger partial charge is 0.123 e. The second kappa shape index (κ2) is 5.38. The summed E-state index contributed by atoms with van der Waals surface area (Å²) in [5.74, 6) is -0.241. The summed E-state index contributed by atoms with van der Waals surface area (Å²) in [5, 5.41) is 10.4. The summed E-state index contributed by atoms with van der Waals surface area (Å²) in [6, 6.07) is 6.31. The van der Waals surface area contributed by atoms with Gasteiger partial charge in [0.05, 0.1) is 11.6 Å². The van der Waals surface area contributed by atoms with Crippen molar-refractivity contribution in [3.63, 3.8) is 0 Å². The Morgan fingerprint density at radius 2 is 2.06 bits per heavy atom. The molecule has 2 nitrogen and oxygen atoms in total. The minimum Gasteiger partial charge on any atom is -0.396 e. The van der Waals surface area contributed by atoms with Crippen LogP contribution >= 0.6 is 11.3 Å². The van der Waals surface area contributed by atoms with E-state index in [2.05, 4.69) is 4.98 Å². The molecule has 1 atom stereocenters. The lowest BCUT2D eigenvalue weighted by molar-refractivity contribution is 0.265. The Hall–Kier alpha value is -1.26. The number of hydrogen-bond acceptors (Lipinski definition) is 3. The van der Waals surface area contributed by atoms with E-state index < -0.39 is 0 Å². The van der Waals surface area contributed by atoms with Crippen molar-refractivity contribution in [2.24, 2.45) is 0 Å². The highest BCUT2D eigenvalue weighted by Crippen LogP contribution is 2.23.